The molecule has 1 amide bonds. The highest BCUT2D eigenvalue weighted by Gasteiger charge is 2.56. The molecule has 19 heavy (non-hydrogen) atoms. The minimum absolute atomic E-state index is 0.214. The fourth-order valence-corrected chi connectivity index (χ4v) is 2.14. The van der Waals surface area contributed by atoms with Gasteiger partial charge in [-0.1, -0.05) is 0 Å². The van der Waals surface area contributed by atoms with E-state index in [1.807, 2.05) is 0 Å². The molecule has 102 valence electrons. The molecule has 0 aromatic heterocycles. The lowest BCUT2D eigenvalue weighted by molar-refractivity contribution is -0.117. The van der Waals surface area contributed by atoms with Crippen LogP contribution in [-0.4, -0.2) is 22.8 Å². The Balaban J connectivity index is 1.96. The number of esters is 1. The Labute approximate surface area is 121 Å². The maximum absolute atomic E-state index is 11.7. The molecule has 1 aliphatic rings. The lowest BCUT2D eigenvalue weighted by atomic mass is 10.2. The number of carbonyl (C=O) groups excluding carboxylic acids is 2. The molecule has 1 aromatic rings. The van der Waals surface area contributed by atoms with Crippen molar-refractivity contribution in [1.29, 1.82) is 0 Å². The zero-order valence-electron chi connectivity index (χ0n) is 10.3. The number of halogens is 2. The summed E-state index contributed by atoms with van der Waals surface area (Å²) < 4.78 is 3.93. The van der Waals surface area contributed by atoms with Gasteiger partial charge in [-0.3, -0.25) is 4.79 Å². The fraction of sp³-hybridized carbons (Fsp3) is 0.385. The third kappa shape index (κ3) is 3.39. The van der Waals surface area contributed by atoms with Crippen molar-refractivity contribution in [2.45, 2.75) is 17.7 Å². The first-order valence-electron chi connectivity index (χ1n) is 5.90. The topological polar surface area (TPSA) is 55.4 Å². The third-order valence-electron chi connectivity index (χ3n) is 2.81. The van der Waals surface area contributed by atoms with Crippen LogP contribution in [0, 0.1) is 5.92 Å². The molecule has 0 bridgehead atoms. The Morgan fingerprint density at radius 2 is 1.95 bits per heavy atom. The summed E-state index contributed by atoms with van der Waals surface area (Å²) in [4.78, 5) is 23.2. The van der Waals surface area contributed by atoms with Crippen molar-refractivity contribution in [2.75, 3.05) is 11.9 Å². The molecule has 1 aromatic carbocycles. The number of hydrogen-bond acceptors (Lipinski definition) is 3. The molecular formula is C13H13Cl2NO3. The van der Waals surface area contributed by atoms with Crippen LogP contribution in [0.15, 0.2) is 24.3 Å². The largest absolute Gasteiger partial charge is 0.462 e. The molecule has 0 unspecified atom stereocenters. The van der Waals surface area contributed by atoms with Crippen LogP contribution in [0.3, 0.4) is 0 Å². The van der Waals surface area contributed by atoms with Gasteiger partial charge in [0.2, 0.25) is 5.91 Å². The molecule has 1 saturated carbocycles. The first-order chi connectivity index (χ1) is 8.94. The number of nitrogens with one attached hydrogen (secondary N) is 1. The Morgan fingerprint density at radius 3 is 2.42 bits per heavy atom. The van der Waals surface area contributed by atoms with Crippen LogP contribution < -0.4 is 5.32 Å². The van der Waals surface area contributed by atoms with Gasteiger partial charge in [0.05, 0.1) is 18.1 Å². The average Bonchev–Trinajstić information content (AvgIpc) is 3.00. The molecule has 1 atom stereocenters. The Morgan fingerprint density at radius 1 is 1.37 bits per heavy atom. The first kappa shape index (κ1) is 14.2. The molecule has 0 heterocycles. The number of anilines is 1. The van der Waals surface area contributed by atoms with Gasteiger partial charge in [0, 0.05) is 5.69 Å². The maximum Gasteiger partial charge on any atom is 0.338 e. The van der Waals surface area contributed by atoms with Crippen LogP contribution in [0.4, 0.5) is 5.69 Å². The predicted molar refractivity (Wildman–Crippen MR) is 73.6 cm³/mol. The van der Waals surface area contributed by atoms with E-state index in [0.717, 1.165) is 0 Å². The van der Waals surface area contributed by atoms with Crippen molar-refractivity contribution in [2.24, 2.45) is 5.92 Å². The van der Waals surface area contributed by atoms with E-state index < -0.39 is 4.33 Å². The average molecular weight is 302 g/mol. The van der Waals surface area contributed by atoms with Crippen molar-refractivity contribution in [1.82, 2.24) is 0 Å². The highest BCUT2D eigenvalue weighted by Crippen LogP contribution is 2.53. The van der Waals surface area contributed by atoms with E-state index in [1.165, 1.54) is 0 Å². The van der Waals surface area contributed by atoms with Crippen LogP contribution in [0.25, 0.3) is 0 Å². The lowest BCUT2D eigenvalue weighted by Gasteiger charge is -2.06. The molecule has 0 aliphatic heterocycles. The van der Waals surface area contributed by atoms with E-state index in [9.17, 15) is 9.59 Å². The number of ether oxygens (including phenoxy) is 1. The molecule has 1 aliphatic carbocycles. The summed E-state index contributed by atoms with van der Waals surface area (Å²) in [6, 6.07) is 6.46. The van der Waals surface area contributed by atoms with Crippen molar-refractivity contribution in [3.63, 3.8) is 0 Å². The van der Waals surface area contributed by atoms with E-state index in [0.29, 0.717) is 24.3 Å². The van der Waals surface area contributed by atoms with Crippen molar-refractivity contribution in [3.05, 3.63) is 29.8 Å². The Hall–Kier alpha value is -1.26. The van der Waals surface area contributed by atoms with E-state index >= 15 is 0 Å². The third-order valence-corrected chi connectivity index (χ3v) is 3.64. The van der Waals surface area contributed by atoms with E-state index in [1.54, 1.807) is 31.2 Å². The van der Waals surface area contributed by atoms with Crippen molar-refractivity contribution < 1.29 is 14.3 Å². The lowest BCUT2D eigenvalue weighted by Crippen LogP contribution is -2.16. The zero-order valence-corrected chi connectivity index (χ0v) is 11.8. The monoisotopic (exact) mass is 301 g/mol. The van der Waals surface area contributed by atoms with Gasteiger partial charge >= 0.3 is 5.97 Å². The Kier molecular flexibility index (Phi) is 4.02. The van der Waals surface area contributed by atoms with Gasteiger partial charge in [-0.25, -0.2) is 4.79 Å². The number of amides is 1. The van der Waals surface area contributed by atoms with Crippen LogP contribution >= 0.6 is 23.2 Å². The van der Waals surface area contributed by atoms with Gasteiger partial charge in [-0.2, -0.15) is 0 Å². The standard InChI is InChI=1S/C13H13Cl2NO3/c1-2-19-12(18)8-3-5-9(6-4-8)16-11(17)10-7-13(10,14)15/h3-6,10H,2,7H2,1H3,(H,16,17)/t10-/m1/s1. The second-order valence-corrected chi connectivity index (χ2v) is 5.85. The summed E-state index contributed by atoms with van der Waals surface area (Å²) in [5, 5.41) is 2.70. The van der Waals surface area contributed by atoms with E-state index in [-0.39, 0.29) is 17.8 Å². The van der Waals surface area contributed by atoms with Crippen LogP contribution in [0.1, 0.15) is 23.7 Å². The molecule has 6 heteroatoms. The smallest absolute Gasteiger partial charge is 0.338 e. The minimum Gasteiger partial charge on any atom is -0.462 e. The molecule has 4 nitrogen and oxygen atoms in total. The maximum atomic E-state index is 11.7. The quantitative estimate of drug-likeness (QED) is 0.687. The fourth-order valence-electron chi connectivity index (χ4n) is 1.63. The second kappa shape index (κ2) is 5.39. The van der Waals surface area contributed by atoms with Crippen LogP contribution in [0.2, 0.25) is 0 Å². The summed E-state index contributed by atoms with van der Waals surface area (Å²) >= 11 is 11.6. The molecule has 1 fully saturated rings. The first-order valence-corrected chi connectivity index (χ1v) is 6.65. The number of rotatable bonds is 4. The highest BCUT2D eigenvalue weighted by atomic mass is 35.5. The molecular weight excluding hydrogens is 289 g/mol. The summed E-state index contributed by atoms with van der Waals surface area (Å²) in [5.41, 5.74) is 1.03. The van der Waals surface area contributed by atoms with Gasteiger partial charge in [-0.15, -0.1) is 23.2 Å². The molecule has 0 radical (unpaired) electrons. The van der Waals surface area contributed by atoms with E-state index in [4.69, 9.17) is 27.9 Å². The molecule has 1 N–H and O–H groups in total. The van der Waals surface area contributed by atoms with Gasteiger partial charge in [0.15, 0.2) is 0 Å². The zero-order chi connectivity index (χ0) is 14.0. The summed E-state index contributed by atoms with van der Waals surface area (Å²) in [7, 11) is 0. The molecule has 0 spiro atoms. The minimum atomic E-state index is -0.936. The SMILES string of the molecule is CCOC(=O)c1ccc(NC(=O)[C@H]2CC2(Cl)Cl)cc1. The highest BCUT2D eigenvalue weighted by molar-refractivity contribution is 6.52. The van der Waals surface area contributed by atoms with Crippen molar-refractivity contribution >= 4 is 40.8 Å². The Bertz CT molecular complexity index is 499. The normalized spacial score (nSPS) is 19.6. The van der Waals surface area contributed by atoms with Gasteiger partial charge in [0.25, 0.3) is 0 Å². The number of hydrogen-bond donors (Lipinski definition) is 1. The number of alkyl halides is 2. The van der Waals surface area contributed by atoms with Gasteiger partial charge < -0.3 is 10.1 Å². The summed E-state index contributed by atoms with van der Waals surface area (Å²) in [5.74, 6) is -0.974. The molecule has 0 saturated heterocycles. The predicted octanol–water partition coefficient (Wildman–Crippen LogP) is 3.00. The molecule has 2 rings (SSSR count). The van der Waals surface area contributed by atoms with Crippen LogP contribution in [0.5, 0.6) is 0 Å². The van der Waals surface area contributed by atoms with Gasteiger partial charge in [-0.05, 0) is 37.6 Å². The second-order valence-electron chi connectivity index (χ2n) is 4.30. The van der Waals surface area contributed by atoms with Gasteiger partial charge in [0.1, 0.15) is 4.33 Å². The number of carbonyl (C=O) groups is 2. The summed E-state index contributed by atoms with van der Waals surface area (Å²) in [6.45, 7) is 2.07. The summed E-state index contributed by atoms with van der Waals surface area (Å²) in [6.07, 6.45) is 0.461. The number of benzene rings is 1. The van der Waals surface area contributed by atoms with E-state index in [2.05, 4.69) is 5.32 Å². The van der Waals surface area contributed by atoms with Crippen molar-refractivity contribution in [3.8, 4) is 0 Å². The van der Waals surface area contributed by atoms with Crippen LogP contribution in [-0.2, 0) is 9.53 Å².